The van der Waals surface area contributed by atoms with Crippen LogP contribution in [0, 0.1) is 6.92 Å². The SMILES string of the molecule is Cc1c(C(=S)N(N)C2CCCCC2)nc(-c2ccc(Cl)cc2Cl)n1-c1ccc(OS(=O)(=O)CCCF)cc1. The summed E-state index contributed by atoms with van der Waals surface area (Å²) in [6.45, 7) is 1.16. The second-order valence-corrected chi connectivity index (χ2v) is 12.1. The molecular formula is C26H29Cl2FN4O3S2. The molecule has 1 fully saturated rings. The van der Waals surface area contributed by atoms with Crippen molar-refractivity contribution in [3.05, 3.63) is 63.9 Å². The first-order chi connectivity index (χ1) is 18.1. The number of imidazole rings is 1. The summed E-state index contributed by atoms with van der Waals surface area (Å²) in [6, 6.07) is 11.8. The molecule has 0 atom stereocenters. The molecule has 1 saturated carbocycles. The standard InChI is InChI=1S/C26H29Cl2FN4O3S2/c1-17-24(26(37)33(30)20-6-3-2-4-7-20)31-25(22-13-8-18(27)16-23(22)28)32(17)19-9-11-21(12-10-19)36-38(34,35)15-5-14-29/h8-13,16,20H,2-7,14-15,30H2,1H3. The molecule has 0 unspecified atom stereocenters. The molecule has 0 saturated heterocycles. The molecule has 0 aliphatic heterocycles. The van der Waals surface area contributed by atoms with Crippen LogP contribution in [0.1, 0.15) is 49.9 Å². The Hall–Kier alpha value is -2.24. The number of nitrogens with zero attached hydrogens (tertiary/aromatic N) is 3. The average Bonchev–Trinajstić information content (AvgIpc) is 3.24. The molecular weight excluding hydrogens is 570 g/mol. The molecule has 2 aromatic carbocycles. The Morgan fingerprint density at radius 1 is 1.18 bits per heavy atom. The largest absolute Gasteiger partial charge is 0.382 e. The lowest BCUT2D eigenvalue weighted by atomic mass is 9.95. The van der Waals surface area contributed by atoms with E-state index in [1.165, 1.54) is 18.6 Å². The van der Waals surface area contributed by atoms with E-state index in [1.807, 2.05) is 11.5 Å². The predicted molar refractivity (Wildman–Crippen MR) is 153 cm³/mol. The quantitative estimate of drug-likeness (QED) is 0.132. The van der Waals surface area contributed by atoms with Crippen LogP contribution >= 0.6 is 35.4 Å². The summed E-state index contributed by atoms with van der Waals surface area (Å²) in [5.41, 5.74) is 2.62. The monoisotopic (exact) mass is 598 g/mol. The van der Waals surface area contributed by atoms with Crippen molar-refractivity contribution in [2.75, 3.05) is 12.4 Å². The molecule has 0 radical (unpaired) electrons. The Balaban J connectivity index is 1.74. The minimum absolute atomic E-state index is 0.123. The smallest absolute Gasteiger partial charge is 0.309 e. The first kappa shape index (κ1) is 28.8. The Morgan fingerprint density at radius 3 is 2.50 bits per heavy atom. The molecule has 1 aliphatic carbocycles. The summed E-state index contributed by atoms with van der Waals surface area (Å²) in [7, 11) is -3.90. The van der Waals surface area contributed by atoms with Crippen LogP contribution in [0.5, 0.6) is 5.75 Å². The normalized spacial score (nSPS) is 14.4. The average molecular weight is 600 g/mol. The molecule has 1 aliphatic rings. The Labute approximate surface area is 237 Å². The molecule has 0 spiro atoms. The number of hydrazine groups is 1. The highest BCUT2D eigenvalue weighted by atomic mass is 35.5. The fourth-order valence-corrected chi connectivity index (χ4v) is 6.38. The van der Waals surface area contributed by atoms with Crippen molar-refractivity contribution >= 4 is 50.5 Å². The van der Waals surface area contributed by atoms with Gasteiger partial charge in [0.25, 0.3) is 0 Å². The molecule has 38 heavy (non-hydrogen) atoms. The predicted octanol–water partition coefficient (Wildman–Crippen LogP) is 6.41. The molecule has 1 aromatic heterocycles. The number of nitrogens with two attached hydrogens (primary N) is 1. The van der Waals surface area contributed by atoms with Crippen LogP contribution in [0.3, 0.4) is 0 Å². The van der Waals surface area contributed by atoms with E-state index >= 15 is 0 Å². The second kappa shape index (κ2) is 12.3. The van der Waals surface area contributed by atoms with Gasteiger partial charge in [-0.05, 0) is 68.7 Å². The number of benzene rings is 2. The molecule has 204 valence electrons. The zero-order valence-electron chi connectivity index (χ0n) is 20.9. The lowest BCUT2D eigenvalue weighted by Gasteiger charge is -2.31. The first-order valence-corrected chi connectivity index (χ1v) is 15.1. The second-order valence-electron chi connectivity index (χ2n) is 9.21. The number of aromatic nitrogens is 2. The van der Waals surface area contributed by atoms with Crippen molar-refractivity contribution in [1.29, 1.82) is 0 Å². The van der Waals surface area contributed by atoms with E-state index in [-0.39, 0.29) is 18.2 Å². The van der Waals surface area contributed by atoms with E-state index < -0.39 is 22.5 Å². The third-order valence-corrected chi connectivity index (χ3v) is 8.72. The van der Waals surface area contributed by atoms with Crippen LogP contribution in [0.15, 0.2) is 42.5 Å². The molecule has 0 bridgehead atoms. The number of hydrogen-bond acceptors (Lipinski definition) is 6. The molecule has 0 amide bonds. The van der Waals surface area contributed by atoms with Crippen molar-refractivity contribution in [3.63, 3.8) is 0 Å². The van der Waals surface area contributed by atoms with Gasteiger partial charge in [0.15, 0.2) is 0 Å². The van der Waals surface area contributed by atoms with Gasteiger partial charge in [-0.1, -0.05) is 54.7 Å². The van der Waals surface area contributed by atoms with Crippen molar-refractivity contribution in [3.8, 4) is 22.8 Å². The number of thiocarbonyl (C=S) groups is 1. The minimum Gasteiger partial charge on any atom is -0.382 e. The maximum absolute atomic E-state index is 12.4. The van der Waals surface area contributed by atoms with Crippen LogP contribution in [-0.4, -0.2) is 46.4 Å². The molecule has 7 nitrogen and oxygen atoms in total. The van der Waals surface area contributed by atoms with Gasteiger partial charge in [-0.3, -0.25) is 14.0 Å². The topological polar surface area (TPSA) is 90.4 Å². The lowest BCUT2D eigenvalue weighted by Crippen LogP contribution is -2.46. The van der Waals surface area contributed by atoms with Crippen LogP contribution in [0.2, 0.25) is 10.0 Å². The Bertz CT molecular complexity index is 1410. The molecule has 2 N–H and O–H groups in total. The first-order valence-electron chi connectivity index (χ1n) is 12.3. The van der Waals surface area contributed by atoms with E-state index in [4.69, 9.17) is 50.4 Å². The summed E-state index contributed by atoms with van der Waals surface area (Å²) in [4.78, 5) is 5.33. The molecule has 1 heterocycles. The maximum atomic E-state index is 12.4. The van der Waals surface area contributed by atoms with Crippen molar-refractivity contribution in [2.24, 2.45) is 5.84 Å². The molecule has 3 aromatic rings. The van der Waals surface area contributed by atoms with E-state index in [0.29, 0.717) is 37.8 Å². The third-order valence-electron chi connectivity index (χ3n) is 6.53. The van der Waals surface area contributed by atoms with Crippen LogP contribution in [0.25, 0.3) is 17.1 Å². The number of alkyl halides is 1. The van der Waals surface area contributed by atoms with Gasteiger partial charge in [0.2, 0.25) is 0 Å². The number of hydrogen-bond donors (Lipinski definition) is 1. The van der Waals surface area contributed by atoms with E-state index in [2.05, 4.69) is 0 Å². The zero-order chi connectivity index (χ0) is 27.4. The van der Waals surface area contributed by atoms with Crippen LogP contribution < -0.4 is 10.0 Å². The zero-order valence-corrected chi connectivity index (χ0v) is 24.0. The van der Waals surface area contributed by atoms with Gasteiger partial charge in [-0.25, -0.2) is 10.8 Å². The van der Waals surface area contributed by atoms with Gasteiger partial charge in [-0.2, -0.15) is 8.42 Å². The fraction of sp³-hybridized carbons (Fsp3) is 0.385. The summed E-state index contributed by atoms with van der Waals surface area (Å²) < 4.78 is 43.6. The molecule has 12 heteroatoms. The number of halogens is 3. The lowest BCUT2D eigenvalue weighted by molar-refractivity contribution is 0.252. The van der Waals surface area contributed by atoms with Gasteiger partial charge in [0.05, 0.1) is 23.1 Å². The van der Waals surface area contributed by atoms with Crippen molar-refractivity contribution in [2.45, 2.75) is 51.5 Å². The van der Waals surface area contributed by atoms with Crippen LogP contribution in [-0.2, 0) is 10.1 Å². The van der Waals surface area contributed by atoms with E-state index in [9.17, 15) is 12.8 Å². The van der Waals surface area contributed by atoms with Gasteiger partial charge in [0, 0.05) is 22.3 Å². The number of rotatable bonds is 9. The van der Waals surface area contributed by atoms with Crippen molar-refractivity contribution < 1.29 is 17.0 Å². The summed E-state index contributed by atoms with van der Waals surface area (Å²) in [5, 5.41) is 2.56. The van der Waals surface area contributed by atoms with E-state index in [1.54, 1.807) is 35.3 Å². The Morgan fingerprint density at radius 2 is 1.87 bits per heavy atom. The van der Waals surface area contributed by atoms with Gasteiger partial charge in [-0.15, -0.1) is 0 Å². The minimum atomic E-state index is -3.90. The van der Waals surface area contributed by atoms with Gasteiger partial charge < -0.3 is 4.18 Å². The van der Waals surface area contributed by atoms with Crippen LogP contribution in [0.4, 0.5) is 4.39 Å². The summed E-state index contributed by atoms with van der Waals surface area (Å²) in [6.07, 6.45) is 5.24. The summed E-state index contributed by atoms with van der Waals surface area (Å²) in [5.74, 6) is 6.75. The highest BCUT2D eigenvalue weighted by Gasteiger charge is 2.27. The van der Waals surface area contributed by atoms with Gasteiger partial charge in [0.1, 0.15) is 22.3 Å². The Kier molecular flexibility index (Phi) is 9.31. The third kappa shape index (κ3) is 6.48. The van der Waals surface area contributed by atoms with E-state index in [0.717, 1.165) is 31.4 Å². The van der Waals surface area contributed by atoms with Crippen molar-refractivity contribution in [1.82, 2.24) is 14.6 Å². The maximum Gasteiger partial charge on any atom is 0.309 e. The summed E-state index contributed by atoms with van der Waals surface area (Å²) >= 11 is 18.5. The highest BCUT2D eigenvalue weighted by Crippen LogP contribution is 2.34. The fourth-order valence-electron chi connectivity index (χ4n) is 4.59. The van der Waals surface area contributed by atoms with Gasteiger partial charge >= 0.3 is 10.1 Å². The highest BCUT2D eigenvalue weighted by molar-refractivity contribution is 7.87. The molecule has 4 rings (SSSR count).